The van der Waals surface area contributed by atoms with Crippen LogP contribution in [0.4, 0.5) is 11.8 Å². The molecular weight excluding hydrogens is 377 g/mol. The Bertz CT molecular complexity index is 798. The number of nitrogens with two attached hydrogens (primary N) is 2. The Kier molecular flexibility index (Phi) is 7.06. The Hall–Kier alpha value is -1.85. The highest BCUT2D eigenvalue weighted by Gasteiger charge is 2.30. The summed E-state index contributed by atoms with van der Waals surface area (Å²) in [6, 6.07) is 0. The zero-order valence-corrected chi connectivity index (χ0v) is 16.7. The van der Waals surface area contributed by atoms with Gasteiger partial charge < -0.3 is 30.4 Å². The maximum Gasteiger partial charge on any atom is 0.356 e. The van der Waals surface area contributed by atoms with Crippen LogP contribution in [-0.4, -0.2) is 61.3 Å². The summed E-state index contributed by atoms with van der Waals surface area (Å²) in [4.78, 5) is 9.02. The summed E-state index contributed by atoms with van der Waals surface area (Å²) in [5.41, 5.74) is 11.8. The molecule has 0 fully saturated rings. The molecule has 1 atom stereocenters. The van der Waals surface area contributed by atoms with Gasteiger partial charge in [-0.3, -0.25) is 4.57 Å². The lowest BCUT2D eigenvalue weighted by atomic mass is 10.4. The number of anilines is 2. The summed E-state index contributed by atoms with van der Waals surface area (Å²) in [5.74, 6) is 0.0880. The van der Waals surface area contributed by atoms with Gasteiger partial charge in [-0.1, -0.05) is 0 Å². The number of aromatic nitrogens is 5. The normalized spacial score (nSPS) is 13.7. The first-order valence-corrected chi connectivity index (χ1v) is 10.2. The molecular formula is C14H26N7O5P. The highest BCUT2D eigenvalue weighted by molar-refractivity contribution is 7.53. The number of aliphatic hydroxyl groups is 1. The van der Waals surface area contributed by atoms with Crippen molar-refractivity contribution in [3.8, 4) is 0 Å². The van der Waals surface area contributed by atoms with Crippen molar-refractivity contribution in [1.29, 1.82) is 0 Å². The second-order valence-electron chi connectivity index (χ2n) is 6.41. The molecule has 0 aliphatic carbocycles. The average molecular weight is 403 g/mol. The van der Waals surface area contributed by atoms with Gasteiger partial charge in [0.25, 0.3) is 0 Å². The maximum atomic E-state index is 12.8. The molecule has 0 bridgehead atoms. The number of nitrogens with zero attached hydrogens (tertiary/aromatic N) is 5. The molecule has 0 aliphatic heterocycles. The molecule has 5 N–H and O–H groups in total. The minimum Gasteiger partial charge on any atom is -0.394 e. The van der Waals surface area contributed by atoms with E-state index in [1.54, 1.807) is 27.7 Å². The van der Waals surface area contributed by atoms with Crippen molar-refractivity contribution in [1.82, 2.24) is 25.0 Å². The smallest absolute Gasteiger partial charge is 0.356 e. The second kappa shape index (κ2) is 8.89. The number of nitrogen functional groups attached to an aromatic ring is 2. The predicted octanol–water partition coefficient (Wildman–Crippen LogP) is 0.764. The highest BCUT2D eigenvalue weighted by Crippen LogP contribution is 2.50. The van der Waals surface area contributed by atoms with E-state index >= 15 is 0 Å². The summed E-state index contributed by atoms with van der Waals surface area (Å²) in [6.07, 6.45) is -1.69. The molecule has 0 saturated carbocycles. The van der Waals surface area contributed by atoms with Gasteiger partial charge in [0.2, 0.25) is 11.6 Å². The molecule has 2 aromatic heterocycles. The minimum absolute atomic E-state index is 0.0142. The van der Waals surface area contributed by atoms with Gasteiger partial charge in [-0.25, -0.2) is 0 Å². The molecule has 0 aliphatic rings. The number of hydrogen-bond donors (Lipinski definition) is 3. The zero-order chi connectivity index (χ0) is 20.2. The fraction of sp³-hybridized carbons (Fsp3) is 0.714. The van der Waals surface area contributed by atoms with Crippen molar-refractivity contribution in [3.63, 3.8) is 0 Å². The number of aliphatic hydroxyl groups excluding tert-OH is 1. The van der Waals surface area contributed by atoms with Gasteiger partial charge in [0.05, 0.1) is 25.4 Å². The Morgan fingerprint density at radius 2 is 1.74 bits per heavy atom. The third-order valence-electron chi connectivity index (χ3n) is 3.12. The third kappa shape index (κ3) is 6.08. The molecule has 0 radical (unpaired) electrons. The molecule has 0 unspecified atom stereocenters. The van der Waals surface area contributed by atoms with Crippen LogP contribution in [0.1, 0.15) is 27.7 Å². The molecule has 2 aromatic rings. The van der Waals surface area contributed by atoms with Crippen molar-refractivity contribution in [2.24, 2.45) is 0 Å². The van der Waals surface area contributed by atoms with Crippen LogP contribution in [0.3, 0.4) is 0 Å². The van der Waals surface area contributed by atoms with E-state index in [-0.39, 0.29) is 54.6 Å². The van der Waals surface area contributed by atoms with E-state index in [9.17, 15) is 9.67 Å². The number of ether oxygens (including phenoxy) is 1. The van der Waals surface area contributed by atoms with Gasteiger partial charge in [-0.2, -0.15) is 14.8 Å². The first-order chi connectivity index (χ1) is 12.6. The maximum absolute atomic E-state index is 12.8. The Morgan fingerprint density at radius 3 is 2.30 bits per heavy atom. The molecule has 0 amide bonds. The van der Waals surface area contributed by atoms with Crippen LogP contribution in [0.5, 0.6) is 0 Å². The van der Waals surface area contributed by atoms with E-state index in [4.69, 9.17) is 25.3 Å². The quantitative estimate of drug-likeness (QED) is 0.478. The van der Waals surface area contributed by atoms with Crippen LogP contribution in [0.2, 0.25) is 0 Å². The van der Waals surface area contributed by atoms with Gasteiger partial charge >= 0.3 is 7.60 Å². The van der Waals surface area contributed by atoms with Crippen molar-refractivity contribution < 1.29 is 23.5 Å². The number of fused-ring (bicyclic) bond motifs is 1. The Balaban J connectivity index is 2.08. The summed E-state index contributed by atoms with van der Waals surface area (Å²) >= 11 is 0. The van der Waals surface area contributed by atoms with E-state index in [0.717, 1.165) is 0 Å². The SMILES string of the molecule is CC(C)OP(=O)(CO[C@H](CO)Cn1nc2nc(N)nc(N)c2n1)OC(C)C. The predicted molar refractivity (Wildman–Crippen MR) is 98.8 cm³/mol. The summed E-state index contributed by atoms with van der Waals surface area (Å²) in [6.45, 7) is 6.69. The van der Waals surface area contributed by atoms with E-state index in [1.165, 1.54) is 4.80 Å². The molecule has 12 nitrogen and oxygen atoms in total. The van der Waals surface area contributed by atoms with Crippen LogP contribution >= 0.6 is 7.60 Å². The van der Waals surface area contributed by atoms with Gasteiger partial charge in [-0.15, -0.1) is 10.2 Å². The molecule has 2 rings (SSSR count). The molecule has 2 heterocycles. The molecule has 0 aromatic carbocycles. The lowest BCUT2D eigenvalue weighted by Crippen LogP contribution is -2.26. The van der Waals surface area contributed by atoms with Crippen LogP contribution in [0, 0.1) is 0 Å². The van der Waals surface area contributed by atoms with Crippen molar-refractivity contribution in [3.05, 3.63) is 0 Å². The van der Waals surface area contributed by atoms with Crippen LogP contribution in [0.25, 0.3) is 11.2 Å². The van der Waals surface area contributed by atoms with Gasteiger partial charge in [0.15, 0.2) is 11.3 Å². The van der Waals surface area contributed by atoms with E-state index < -0.39 is 13.7 Å². The zero-order valence-electron chi connectivity index (χ0n) is 15.8. The molecule has 0 spiro atoms. The van der Waals surface area contributed by atoms with Gasteiger partial charge in [-0.05, 0) is 27.7 Å². The van der Waals surface area contributed by atoms with Crippen LogP contribution < -0.4 is 11.5 Å². The standard InChI is InChI=1S/C14H26N7O5P/c1-8(2)25-27(23,26-9(3)4)7-24-10(6-22)5-21-19-11-12(15)17-14(16)18-13(11)20-21/h8-10,22H,5-7H2,1-4H3,(H4,15,16,17,18,20)/t10-/m0/s1. The number of hydrogen-bond acceptors (Lipinski definition) is 11. The first-order valence-electron chi connectivity index (χ1n) is 8.44. The van der Waals surface area contributed by atoms with E-state index in [1.807, 2.05) is 0 Å². The molecule has 13 heteroatoms. The first kappa shape index (κ1) is 21.5. The Morgan fingerprint density at radius 1 is 1.11 bits per heavy atom. The van der Waals surface area contributed by atoms with Gasteiger partial charge in [0.1, 0.15) is 12.5 Å². The summed E-state index contributed by atoms with van der Waals surface area (Å²) in [5, 5.41) is 17.9. The molecule has 152 valence electrons. The average Bonchev–Trinajstić information content (AvgIpc) is 2.92. The van der Waals surface area contributed by atoms with Crippen molar-refractivity contribution >= 4 is 30.5 Å². The monoisotopic (exact) mass is 403 g/mol. The number of rotatable bonds is 10. The summed E-state index contributed by atoms with van der Waals surface area (Å²) in [7, 11) is -3.49. The molecule has 27 heavy (non-hydrogen) atoms. The lowest BCUT2D eigenvalue weighted by molar-refractivity contribution is 0.00675. The largest absolute Gasteiger partial charge is 0.394 e. The van der Waals surface area contributed by atoms with E-state index in [2.05, 4.69) is 20.2 Å². The Labute approximate surface area is 156 Å². The van der Waals surface area contributed by atoms with Crippen LogP contribution in [-0.2, 0) is 24.9 Å². The van der Waals surface area contributed by atoms with Crippen molar-refractivity contribution in [2.45, 2.75) is 52.6 Å². The lowest BCUT2D eigenvalue weighted by Gasteiger charge is -2.24. The van der Waals surface area contributed by atoms with Crippen molar-refractivity contribution in [2.75, 3.05) is 24.4 Å². The van der Waals surface area contributed by atoms with Gasteiger partial charge in [0, 0.05) is 0 Å². The second-order valence-corrected chi connectivity index (χ2v) is 8.32. The minimum atomic E-state index is -3.49. The highest BCUT2D eigenvalue weighted by atomic mass is 31.2. The fourth-order valence-electron chi connectivity index (χ4n) is 2.24. The topological polar surface area (TPSA) is 174 Å². The fourth-order valence-corrected chi connectivity index (χ4v) is 4.09. The van der Waals surface area contributed by atoms with E-state index in [0.29, 0.717) is 0 Å². The third-order valence-corrected chi connectivity index (χ3v) is 5.07. The summed E-state index contributed by atoms with van der Waals surface area (Å²) < 4.78 is 29.2. The van der Waals surface area contributed by atoms with Crippen LogP contribution in [0.15, 0.2) is 0 Å². The molecule has 0 saturated heterocycles.